The Kier molecular flexibility index (Phi) is 15.2. The van der Waals surface area contributed by atoms with Gasteiger partial charge in [-0.3, -0.25) is 38.9 Å². The molecule has 0 radical (unpaired) electrons. The zero-order valence-corrected chi connectivity index (χ0v) is 42.1. The van der Waals surface area contributed by atoms with Crippen LogP contribution in [0.4, 0.5) is 0 Å². The van der Waals surface area contributed by atoms with Crippen LogP contribution in [0.15, 0.2) is 54.9 Å². The Hall–Kier alpha value is -5.92. The predicted octanol–water partition coefficient (Wildman–Crippen LogP) is 3.40. The number of ether oxygens (including phenoxy) is 2. The van der Waals surface area contributed by atoms with Crippen molar-refractivity contribution < 1.29 is 48.8 Å². The first-order valence-electron chi connectivity index (χ1n) is 24.9. The van der Waals surface area contributed by atoms with E-state index in [0.29, 0.717) is 63.1 Å². The van der Waals surface area contributed by atoms with Crippen LogP contribution >= 0.6 is 0 Å². The number of amides is 4. The van der Waals surface area contributed by atoms with Crippen LogP contribution in [0.5, 0.6) is 5.75 Å². The summed E-state index contributed by atoms with van der Waals surface area (Å²) in [6.07, 6.45) is 5.00. The number of fused-ring (bicyclic) bond motifs is 6. The summed E-state index contributed by atoms with van der Waals surface area (Å²) in [6, 6.07) is 10.00. The van der Waals surface area contributed by atoms with E-state index in [0.717, 1.165) is 38.9 Å². The molecule has 0 saturated carbocycles. The largest absolute Gasteiger partial charge is 0.508 e. The highest BCUT2D eigenvalue weighted by molar-refractivity contribution is 5.97. The molecule has 382 valence electrons. The van der Waals surface area contributed by atoms with Crippen LogP contribution in [-0.4, -0.2) is 164 Å². The molecule has 5 atom stereocenters. The molecule has 2 aromatic heterocycles. The van der Waals surface area contributed by atoms with E-state index in [1.54, 1.807) is 39.3 Å². The van der Waals surface area contributed by atoms with Crippen molar-refractivity contribution in [2.75, 3.05) is 60.0 Å². The fourth-order valence-corrected chi connectivity index (χ4v) is 11.0. The standard InChI is InChI=1S/C53H70N8O10/c1-8-60-44-12-11-34-24-39(44)40(47(60)41-26-54-16-13-35(41)29-70-7)25-52(4,5)31-71-50(67)42-10-9-17-61(56-42)49(66)43(22-33-20-36(34)23-38(63)21-33)55-48(65)46(32(2)3)57(6)51(68)53(69)15-19-59(30-53)45(64)28-58-18-14-37(62)27-58/h11-13,16,20-21,23-24,26,32,37,42-43,46,56,62-63,69H,8-10,14-15,17-19,22,25,27-31H2,1-7H3,(H,55,65)/t37-,42-,43-,46-,53+/m0/s1. The second-order valence-corrected chi connectivity index (χ2v) is 21.1. The van der Waals surface area contributed by atoms with E-state index in [1.807, 2.05) is 29.3 Å². The van der Waals surface area contributed by atoms with Crippen molar-refractivity contribution in [3.63, 3.8) is 0 Å². The number of rotatable bonds is 11. The normalized spacial score (nSPS) is 23.4. The quantitative estimate of drug-likeness (QED) is 0.136. The molecule has 4 aliphatic heterocycles. The number of aromatic nitrogens is 2. The van der Waals surface area contributed by atoms with E-state index < -0.39 is 64.9 Å². The van der Waals surface area contributed by atoms with E-state index in [1.165, 1.54) is 21.9 Å². The topological polar surface area (TPSA) is 219 Å². The van der Waals surface area contributed by atoms with Crippen molar-refractivity contribution in [1.82, 2.24) is 40.0 Å². The van der Waals surface area contributed by atoms with Crippen LogP contribution in [-0.2, 0) is 59.4 Å². The zero-order valence-electron chi connectivity index (χ0n) is 42.1. The third kappa shape index (κ3) is 11.0. The summed E-state index contributed by atoms with van der Waals surface area (Å²) in [5.74, 6) is -3.21. The number of aliphatic hydroxyl groups excluding tert-OH is 1. The lowest BCUT2D eigenvalue weighted by atomic mass is 9.84. The molecule has 4 aromatic rings. The van der Waals surface area contributed by atoms with E-state index in [2.05, 4.69) is 53.2 Å². The number of likely N-dealkylation sites (tertiary alicyclic amines) is 2. The Balaban J connectivity index is 1.14. The van der Waals surface area contributed by atoms with Crippen molar-refractivity contribution in [2.24, 2.45) is 11.3 Å². The highest BCUT2D eigenvalue weighted by Crippen LogP contribution is 2.41. The number of phenolic OH excluding ortho intramolecular Hbond substituents is 1. The van der Waals surface area contributed by atoms with Gasteiger partial charge in [-0.15, -0.1) is 0 Å². The lowest BCUT2D eigenvalue weighted by Gasteiger charge is -2.37. The summed E-state index contributed by atoms with van der Waals surface area (Å²) in [5.41, 5.74) is 7.54. The van der Waals surface area contributed by atoms with Gasteiger partial charge >= 0.3 is 5.97 Å². The number of β-amino-alcohol motifs (C(OH)–C–C–N with tert-alkyl or cyclic N) is 2. The average molecular weight is 979 g/mol. The van der Waals surface area contributed by atoms with E-state index >= 15 is 0 Å². The minimum absolute atomic E-state index is 0.0285. The van der Waals surface area contributed by atoms with Gasteiger partial charge in [0.05, 0.1) is 38.1 Å². The van der Waals surface area contributed by atoms with Crippen molar-refractivity contribution >= 4 is 40.5 Å². The fraction of sp³-hybridized carbons (Fsp3) is 0.547. The van der Waals surface area contributed by atoms with Gasteiger partial charge in [0.15, 0.2) is 5.60 Å². The van der Waals surface area contributed by atoms with E-state index in [4.69, 9.17) is 9.47 Å². The smallest absolute Gasteiger partial charge is 0.324 e. The summed E-state index contributed by atoms with van der Waals surface area (Å²) in [6.45, 7) is 12.0. The summed E-state index contributed by atoms with van der Waals surface area (Å²) in [4.78, 5) is 79.9. The number of benzene rings is 2. The van der Waals surface area contributed by atoms with E-state index in [-0.39, 0.29) is 57.3 Å². The Morgan fingerprint density at radius 1 is 1.06 bits per heavy atom. The van der Waals surface area contributed by atoms with Gasteiger partial charge < -0.3 is 44.5 Å². The number of nitrogens with zero attached hydrogens (tertiary/aromatic N) is 6. The third-order valence-electron chi connectivity index (χ3n) is 14.6. The maximum absolute atomic E-state index is 14.8. The summed E-state index contributed by atoms with van der Waals surface area (Å²) in [5, 5.41) is 38.3. The van der Waals surface area contributed by atoms with Crippen molar-refractivity contribution in [3.8, 4) is 28.1 Å². The number of esters is 1. The maximum atomic E-state index is 14.8. The SMILES string of the molecule is CCn1c(-c2cnccc2COC)c2c3cc(ccc31)-c1cc(O)cc(c1)C[C@H](NC(=O)[C@H](C(C)C)N(C)C(=O)[C@@]1(O)CCN(C(=O)CN3CC[C@H](O)C3)C1)C(=O)N1CCC[C@H](N1)C(=O)OCC(C)(C)C2. The Morgan fingerprint density at radius 2 is 1.85 bits per heavy atom. The molecule has 0 aliphatic carbocycles. The minimum atomic E-state index is -1.96. The molecule has 5 N–H and O–H groups in total. The fourth-order valence-electron chi connectivity index (χ4n) is 11.0. The zero-order chi connectivity index (χ0) is 50.9. The Morgan fingerprint density at radius 3 is 2.56 bits per heavy atom. The van der Waals surface area contributed by atoms with Gasteiger partial charge in [-0.05, 0) is 96.7 Å². The molecule has 8 rings (SSSR count). The molecule has 4 aliphatic rings. The first-order chi connectivity index (χ1) is 33.8. The van der Waals surface area contributed by atoms with Gasteiger partial charge in [0.1, 0.15) is 23.9 Å². The maximum Gasteiger partial charge on any atom is 0.324 e. The van der Waals surface area contributed by atoms with Gasteiger partial charge in [-0.2, -0.15) is 0 Å². The predicted molar refractivity (Wildman–Crippen MR) is 265 cm³/mol. The molecule has 3 fully saturated rings. The number of hydrogen-bond donors (Lipinski definition) is 5. The molecule has 18 heteroatoms. The molecule has 0 spiro atoms. The molecule has 3 saturated heterocycles. The number of carbonyl (C=O) groups is 5. The second kappa shape index (κ2) is 21.0. The molecule has 18 nitrogen and oxygen atoms in total. The first-order valence-corrected chi connectivity index (χ1v) is 24.9. The molecular formula is C53H70N8O10. The molecule has 4 amide bonds. The summed E-state index contributed by atoms with van der Waals surface area (Å²) in [7, 11) is 3.10. The number of aliphatic hydroxyl groups is 2. The third-order valence-corrected chi connectivity index (χ3v) is 14.6. The lowest BCUT2D eigenvalue weighted by molar-refractivity contribution is -0.156. The number of cyclic esters (lactones) is 1. The number of methoxy groups -OCH3 is 1. The first kappa shape index (κ1) is 51.4. The molecule has 6 heterocycles. The minimum Gasteiger partial charge on any atom is -0.508 e. The Bertz CT molecular complexity index is 2670. The number of hydrogen-bond acceptors (Lipinski definition) is 13. The molecule has 71 heavy (non-hydrogen) atoms. The molecule has 6 bridgehead atoms. The van der Waals surface area contributed by atoms with Crippen LogP contribution in [0.1, 0.15) is 77.0 Å². The van der Waals surface area contributed by atoms with Crippen molar-refractivity contribution in [2.45, 2.75) is 116 Å². The van der Waals surface area contributed by atoms with Gasteiger partial charge in [-0.1, -0.05) is 39.8 Å². The highest BCUT2D eigenvalue weighted by Gasteiger charge is 2.49. The van der Waals surface area contributed by atoms with Crippen LogP contribution in [0.2, 0.25) is 0 Å². The summed E-state index contributed by atoms with van der Waals surface area (Å²) >= 11 is 0. The van der Waals surface area contributed by atoms with Crippen molar-refractivity contribution in [1.29, 1.82) is 0 Å². The Labute approximate surface area is 415 Å². The van der Waals surface area contributed by atoms with Gasteiger partial charge in [0.2, 0.25) is 11.8 Å². The van der Waals surface area contributed by atoms with Gasteiger partial charge in [0.25, 0.3) is 11.8 Å². The second-order valence-electron chi connectivity index (χ2n) is 21.1. The average Bonchev–Trinajstić information content (AvgIpc) is 4.04. The number of phenols is 1. The number of aryl methyl sites for hydroxylation is 1. The van der Waals surface area contributed by atoms with Crippen molar-refractivity contribution in [3.05, 3.63) is 71.5 Å². The van der Waals surface area contributed by atoms with Gasteiger partial charge in [-0.25, -0.2) is 5.43 Å². The van der Waals surface area contributed by atoms with Crippen LogP contribution in [0, 0.1) is 11.3 Å². The number of likely N-dealkylation sites (N-methyl/N-ethyl adjacent to an activating group) is 1. The number of carbonyl (C=O) groups excluding carboxylic acids is 5. The van der Waals surface area contributed by atoms with Crippen LogP contribution < -0.4 is 10.7 Å². The van der Waals surface area contributed by atoms with Crippen LogP contribution in [0.3, 0.4) is 0 Å². The number of aromatic hydroxyl groups is 1. The summed E-state index contributed by atoms with van der Waals surface area (Å²) < 4.78 is 14.0. The lowest BCUT2D eigenvalue weighted by Crippen LogP contribution is -2.63. The van der Waals surface area contributed by atoms with Crippen LogP contribution in [0.25, 0.3) is 33.3 Å². The highest BCUT2D eigenvalue weighted by atomic mass is 16.5. The van der Waals surface area contributed by atoms with E-state index in [9.17, 15) is 39.3 Å². The number of pyridine rings is 1. The molecule has 0 unspecified atom stereocenters. The number of nitrogens with one attached hydrogen (secondary N) is 2. The van der Waals surface area contributed by atoms with Gasteiger partial charge in [0, 0.05) is 94.0 Å². The number of hydrazine groups is 1. The molecular weight excluding hydrogens is 909 g/mol. The molecule has 2 aromatic carbocycles. The monoisotopic (exact) mass is 979 g/mol.